The molecular weight excluding hydrogens is 398 g/mol. The zero-order chi connectivity index (χ0) is 21.9. The van der Waals surface area contributed by atoms with Crippen molar-refractivity contribution < 1.29 is 9.53 Å². The van der Waals surface area contributed by atoms with Crippen molar-refractivity contribution in [2.75, 3.05) is 18.6 Å². The van der Waals surface area contributed by atoms with Gasteiger partial charge in [-0.15, -0.1) is 0 Å². The number of anilines is 1. The van der Waals surface area contributed by atoms with Crippen molar-refractivity contribution in [2.24, 2.45) is 5.10 Å². The molecule has 0 spiro atoms. The van der Waals surface area contributed by atoms with Gasteiger partial charge in [-0.2, -0.15) is 5.10 Å². The number of halogens is 1. The molecule has 160 valence electrons. The molecule has 0 bridgehead atoms. The Morgan fingerprint density at radius 1 is 1.37 bits per heavy atom. The number of benzene rings is 2. The van der Waals surface area contributed by atoms with E-state index in [0.29, 0.717) is 10.9 Å². The van der Waals surface area contributed by atoms with Crippen molar-refractivity contribution in [3.8, 4) is 5.75 Å². The molecule has 1 N–H and O–H groups in total. The third-order valence-electron chi connectivity index (χ3n) is 5.71. The van der Waals surface area contributed by atoms with Crippen LogP contribution in [0.15, 0.2) is 41.5 Å². The summed E-state index contributed by atoms with van der Waals surface area (Å²) < 4.78 is 5.19. The number of carbonyl (C=O) groups excluding carboxylic acids is 1. The van der Waals surface area contributed by atoms with Crippen LogP contribution < -0.4 is 15.1 Å². The molecule has 1 aliphatic heterocycles. The molecule has 1 unspecified atom stereocenters. The first-order chi connectivity index (χ1) is 14.2. The molecule has 1 amide bonds. The van der Waals surface area contributed by atoms with Crippen LogP contribution in [0.4, 0.5) is 5.69 Å². The number of hydrogen-bond donors (Lipinski definition) is 1. The Hall–Kier alpha value is -2.53. The lowest BCUT2D eigenvalue weighted by molar-refractivity contribution is -0.120. The standard InChI is InChI=1S/C24H30ClN3O2/c1-6-28-22-13-21(25)18(12-20(22)16(2)14-24(28,3)4)15-26-27-23(29)11-17-8-7-9-19(10-17)30-5/h7-10,12-13,15-16H,6,11,14H2,1-5H3,(H,27,29)/b26-15+. The molecule has 5 nitrogen and oxygen atoms in total. The largest absolute Gasteiger partial charge is 0.497 e. The van der Waals surface area contributed by atoms with Gasteiger partial charge in [-0.25, -0.2) is 5.43 Å². The van der Waals surface area contributed by atoms with Crippen LogP contribution in [0.25, 0.3) is 0 Å². The lowest BCUT2D eigenvalue weighted by Crippen LogP contribution is -2.48. The minimum Gasteiger partial charge on any atom is -0.497 e. The summed E-state index contributed by atoms with van der Waals surface area (Å²) in [6.45, 7) is 9.89. The summed E-state index contributed by atoms with van der Waals surface area (Å²) in [5, 5.41) is 4.76. The van der Waals surface area contributed by atoms with Gasteiger partial charge in [0.1, 0.15) is 5.75 Å². The zero-order valence-corrected chi connectivity index (χ0v) is 19.1. The number of nitrogens with one attached hydrogen (secondary N) is 1. The number of hydrazone groups is 1. The van der Waals surface area contributed by atoms with E-state index in [-0.39, 0.29) is 17.9 Å². The number of nitrogens with zero attached hydrogens (tertiary/aromatic N) is 2. The van der Waals surface area contributed by atoms with Gasteiger partial charge in [0.2, 0.25) is 5.91 Å². The van der Waals surface area contributed by atoms with Gasteiger partial charge in [0.15, 0.2) is 0 Å². The fourth-order valence-corrected chi connectivity index (χ4v) is 4.61. The number of carbonyl (C=O) groups is 1. The number of fused-ring (bicyclic) bond motifs is 1. The molecule has 0 fully saturated rings. The van der Waals surface area contributed by atoms with E-state index in [0.717, 1.165) is 29.8 Å². The van der Waals surface area contributed by atoms with Crippen LogP contribution in [-0.2, 0) is 11.2 Å². The Morgan fingerprint density at radius 3 is 2.83 bits per heavy atom. The minimum absolute atomic E-state index is 0.0915. The number of hydrogen-bond acceptors (Lipinski definition) is 4. The first-order valence-corrected chi connectivity index (χ1v) is 10.7. The lowest BCUT2D eigenvalue weighted by atomic mass is 9.79. The highest BCUT2D eigenvalue weighted by Crippen LogP contribution is 2.44. The predicted octanol–water partition coefficient (Wildman–Crippen LogP) is 5.15. The highest BCUT2D eigenvalue weighted by atomic mass is 35.5. The fraction of sp³-hybridized carbons (Fsp3) is 0.417. The van der Waals surface area contributed by atoms with Crippen molar-refractivity contribution in [1.29, 1.82) is 0 Å². The molecule has 0 aromatic heterocycles. The molecule has 2 aromatic carbocycles. The Bertz CT molecular complexity index is 955. The fourth-order valence-electron chi connectivity index (χ4n) is 4.40. The van der Waals surface area contributed by atoms with Gasteiger partial charge in [-0.1, -0.05) is 30.7 Å². The first-order valence-electron chi connectivity index (χ1n) is 10.3. The maximum atomic E-state index is 12.2. The summed E-state index contributed by atoms with van der Waals surface area (Å²) >= 11 is 6.56. The van der Waals surface area contributed by atoms with E-state index in [1.807, 2.05) is 30.3 Å². The molecule has 1 heterocycles. The van der Waals surface area contributed by atoms with Crippen LogP contribution in [0.3, 0.4) is 0 Å². The second kappa shape index (κ2) is 9.09. The van der Waals surface area contributed by atoms with E-state index in [1.165, 1.54) is 11.3 Å². The van der Waals surface area contributed by atoms with Crippen LogP contribution >= 0.6 is 11.6 Å². The smallest absolute Gasteiger partial charge is 0.244 e. The molecule has 2 aromatic rings. The van der Waals surface area contributed by atoms with Crippen molar-refractivity contribution in [2.45, 2.75) is 52.0 Å². The number of ether oxygens (including phenoxy) is 1. The third-order valence-corrected chi connectivity index (χ3v) is 6.04. The Morgan fingerprint density at radius 2 is 2.13 bits per heavy atom. The SMILES string of the molecule is CCN1c2cc(Cl)c(/C=N/NC(=O)Cc3cccc(OC)c3)cc2C(C)CC1(C)C. The van der Waals surface area contributed by atoms with E-state index in [9.17, 15) is 4.79 Å². The summed E-state index contributed by atoms with van der Waals surface area (Å²) in [7, 11) is 1.60. The summed E-state index contributed by atoms with van der Waals surface area (Å²) in [4.78, 5) is 14.6. The van der Waals surface area contributed by atoms with Crippen LogP contribution in [0.1, 0.15) is 56.7 Å². The van der Waals surface area contributed by atoms with Gasteiger partial charge < -0.3 is 9.64 Å². The van der Waals surface area contributed by atoms with Gasteiger partial charge in [-0.05, 0) is 68.5 Å². The number of methoxy groups -OCH3 is 1. The van der Waals surface area contributed by atoms with Gasteiger partial charge in [0.25, 0.3) is 0 Å². The molecular formula is C24H30ClN3O2. The molecule has 0 aliphatic carbocycles. The van der Waals surface area contributed by atoms with Crippen LogP contribution in [0.5, 0.6) is 5.75 Å². The molecule has 0 radical (unpaired) electrons. The topological polar surface area (TPSA) is 53.9 Å². The maximum absolute atomic E-state index is 12.2. The molecule has 6 heteroatoms. The highest BCUT2D eigenvalue weighted by molar-refractivity contribution is 6.33. The summed E-state index contributed by atoms with van der Waals surface area (Å²) in [6.07, 6.45) is 2.92. The van der Waals surface area contributed by atoms with Crippen LogP contribution in [-0.4, -0.2) is 31.3 Å². The quantitative estimate of drug-likeness (QED) is 0.512. The Kier molecular flexibility index (Phi) is 6.71. The molecule has 3 rings (SSSR count). The average molecular weight is 428 g/mol. The molecule has 0 saturated carbocycles. The highest BCUT2D eigenvalue weighted by Gasteiger charge is 2.35. The summed E-state index contributed by atoms with van der Waals surface area (Å²) in [5.74, 6) is 0.953. The lowest BCUT2D eigenvalue weighted by Gasteiger charge is -2.47. The van der Waals surface area contributed by atoms with Crippen molar-refractivity contribution in [3.63, 3.8) is 0 Å². The number of amides is 1. The van der Waals surface area contributed by atoms with Gasteiger partial charge >= 0.3 is 0 Å². The van der Waals surface area contributed by atoms with Crippen molar-refractivity contribution in [3.05, 3.63) is 58.1 Å². The molecule has 0 saturated heterocycles. The number of rotatable bonds is 6. The average Bonchev–Trinajstić information content (AvgIpc) is 2.68. The second-order valence-electron chi connectivity index (χ2n) is 8.42. The van der Waals surface area contributed by atoms with E-state index >= 15 is 0 Å². The summed E-state index contributed by atoms with van der Waals surface area (Å²) in [6, 6.07) is 11.6. The van der Waals surface area contributed by atoms with Gasteiger partial charge in [0, 0.05) is 23.3 Å². The van der Waals surface area contributed by atoms with Crippen molar-refractivity contribution >= 4 is 29.4 Å². The second-order valence-corrected chi connectivity index (χ2v) is 8.82. The van der Waals surface area contributed by atoms with E-state index in [1.54, 1.807) is 13.3 Å². The van der Waals surface area contributed by atoms with Crippen LogP contribution in [0, 0.1) is 0 Å². The first kappa shape index (κ1) is 22.2. The van der Waals surface area contributed by atoms with E-state index in [4.69, 9.17) is 16.3 Å². The van der Waals surface area contributed by atoms with E-state index in [2.05, 4.69) is 49.2 Å². The van der Waals surface area contributed by atoms with Gasteiger partial charge in [-0.3, -0.25) is 4.79 Å². The monoisotopic (exact) mass is 427 g/mol. The Balaban J connectivity index is 1.73. The zero-order valence-electron chi connectivity index (χ0n) is 18.3. The predicted molar refractivity (Wildman–Crippen MR) is 124 cm³/mol. The molecule has 30 heavy (non-hydrogen) atoms. The minimum atomic E-state index is -0.194. The molecule has 1 atom stereocenters. The van der Waals surface area contributed by atoms with E-state index < -0.39 is 0 Å². The van der Waals surface area contributed by atoms with Crippen molar-refractivity contribution in [1.82, 2.24) is 5.43 Å². The maximum Gasteiger partial charge on any atom is 0.244 e. The van der Waals surface area contributed by atoms with Crippen LogP contribution in [0.2, 0.25) is 5.02 Å². The van der Waals surface area contributed by atoms with Gasteiger partial charge in [0.05, 0.1) is 24.8 Å². The normalized spacial score (nSPS) is 17.7. The summed E-state index contributed by atoms with van der Waals surface area (Å²) in [5.41, 5.74) is 6.81. The molecule has 1 aliphatic rings. The third kappa shape index (κ3) is 4.78. The Labute approximate surface area is 184 Å².